The molecule has 11 heavy (non-hydrogen) atoms. The van der Waals surface area contributed by atoms with Crippen LogP contribution < -0.4 is 0 Å². The minimum absolute atomic E-state index is 0.195. The Bertz CT molecular complexity index is 135. The SMILES string of the molecule is CO[C@H]1O[C@H](C=O)CC[C@@H]1C. The second-order valence-corrected chi connectivity index (χ2v) is 2.97. The summed E-state index contributed by atoms with van der Waals surface area (Å²) in [5, 5.41) is 0. The van der Waals surface area contributed by atoms with Crippen LogP contribution in [0, 0.1) is 5.92 Å². The highest BCUT2D eigenvalue weighted by atomic mass is 16.7. The molecule has 0 aromatic heterocycles. The molecule has 1 saturated heterocycles. The lowest BCUT2D eigenvalue weighted by molar-refractivity contribution is -0.200. The Kier molecular flexibility index (Phi) is 3.02. The first-order chi connectivity index (χ1) is 5.27. The predicted molar refractivity (Wildman–Crippen MR) is 40.1 cm³/mol. The van der Waals surface area contributed by atoms with E-state index in [1.165, 1.54) is 0 Å². The van der Waals surface area contributed by atoms with Gasteiger partial charge in [-0.3, -0.25) is 0 Å². The molecule has 1 heterocycles. The lowest BCUT2D eigenvalue weighted by Gasteiger charge is -2.31. The number of carbonyl (C=O) groups excluding carboxylic acids is 1. The van der Waals surface area contributed by atoms with Crippen molar-refractivity contribution < 1.29 is 14.3 Å². The molecule has 0 N–H and O–H groups in total. The molecule has 64 valence electrons. The van der Waals surface area contributed by atoms with Crippen molar-refractivity contribution in [1.29, 1.82) is 0 Å². The van der Waals surface area contributed by atoms with Crippen LogP contribution in [0.1, 0.15) is 19.8 Å². The van der Waals surface area contributed by atoms with Crippen molar-refractivity contribution in [2.75, 3.05) is 7.11 Å². The van der Waals surface area contributed by atoms with Gasteiger partial charge in [0.25, 0.3) is 0 Å². The summed E-state index contributed by atoms with van der Waals surface area (Å²) < 4.78 is 10.4. The first kappa shape index (κ1) is 8.68. The van der Waals surface area contributed by atoms with Crippen LogP contribution in [0.15, 0.2) is 0 Å². The lowest BCUT2D eigenvalue weighted by atomic mass is 9.99. The first-order valence-electron chi connectivity index (χ1n) is 3.91. The zero-order valence-electron chi connectivity index (χ0n) is 6.95. The van der Waals surface area contributed by atoms with Crippen LogP contribution in [-0.2, 0) is 14.3 Å². The largest absolute Gasteiger partial charge is 0.356 e. The number of hydrogen-bond donors (Lipinski definition) is 0. The van der Waals surface area contributed by atoms with E-state index < -0.39 is 0 Å². The minimum Gasteiger partial charge on any atom is -0.356 e. The molecule has 0 amide bonds. The molecule has 1 aliphatic rings. The summed E-state index contributed by atoms with van der Waals surface area (Å²) in [7, 11) is 1.61. The second-order valence-electron chi connectivity index (χ2n) is 2.97. The van der Waals surface area contributed by atoms with E-state index in [2.05, 4.69) is 6.92 Å². The summed E-state index contributed by atoms with van der Waals surface area (Å²) in [5.41, 5.74) is 0. The van der Waals surface area contributed by atoms with Gasteiger partial charge in [-0.1, -0.05) is 6.92 Å². The predicted octanol–water partition coefficient (Wildman–Crippen LogP) is 0.973. The summed E-state index contributed by atoms with van der Waals surface area (Å²) >= 11 is 0. The van der Waals surface area contributed by atoms with Crippen molar-refractivity contribution in [3.63, 3.8) is 0 Å². The molecule has 0 radical (unpaired) electrons. The second kappa shape index (κ2) is 3.83. The molecular weight excluding hydrogens is 144 g/mol. The molecule has 0 unspecified atom stereocenters. The number of rotatable bonds is 2. The molecule has 1 rings (SSSR count). The Morgan fingerprint density at radius 2 is 2.27 bits per heavy atom. The maximum atomic E-state index is 10.3. The highest BCUT2D eigenvalue weighted by Gasteiger charge is 2.27. The highest BCUT2D eigenvalue weighted by molar-refractivity contribution is 5.56. The van der Waals surface area contributed by atoms with Crippen molar-refractivity contribution in [1.82, 2.24) is 0 Å². The first-order valence-corrected chi connectivity index (χ1v) is 3.91. The summed E-state index contributed by atoms with van der Waals surface area (Å²) in [5.74, 6) is 0.399. The standard InChI is InChI=1S/C8H14O3/c1-6-3-4-7(5-9)11-8(6)10-2/h5-8H,3-4H2,1-2H3/t6-,7-,8-/m0/s1. The molecule has 0 spiro atoms. The van der Waals surface area contributed by atoms with E-state index in [0.717, 1.165) is 19.1 Å². The van der Waals surface area contributed by atoms with Crippen molar-refractivity contribution in [2.45, 2.75) is 32.2 Å². The molecule has 1 fully saturated rings. The van der Waals surface area contributed by atoms with Crippen LogP contribution >= 0.6 is 0 Å². The summed E-state index contributed by atoms with van der Waals surface area (Å²) in [6, 6.07) is 0. The van der Waals surface area contributed by atoms with E-state index in [4.69, 9.17) is 9.47 Å². The maximum absolute atomic E-state index is 10.3. The molecular formula is C8H14O3. The van der Waals surface area contributed by atoms with Crippen LogP contribution in [0.5, 0.6) is 0 Å². The summed E-state index contributed by atoms with van der Waals surface area (Å²) in [6.07, 6.45) is 2.22. The third-order valence-electron chi connectivity index (χ3n) is 2.06. The number of methoxy groups -OCH3 is 1. The van der Waals surface area contributed by atoms with Crippen molar-refractivity contribution in [3.05, 3.63) is 0 Å². The van der Waals surface area contributed by atoms with Gasteiger partial charge in [-0.25, -0.2) is 0 Å². The van der Waals surface area contributed by atoms with Crippen molar-refractivity contribution in [2.24, 2.45) is 5.92 Å². The molecule has 0 saturated carbocycles. The van der Waals surface area contributed by atoms with Crippen molar-refractivity contribution >= 4 is 6.29 Å². The maximum Gasteiger partial charge on any atom is 0.160 e. The third-order valence-corrected chi connectivity index (χ3v) is 2.06. The topological polar surface area (TPSA) is 35.5 Å². The molecule has 3 atom stereocenters. The van der Waals surface area contributed by atoms with Gasteiger partial charge in [0, 0.05) is 13.0 Å². The summed E-state index contributed by atoms with van der Waals surface area (Å²) in [6.45, 7) is 2.06. The quantitative estimate of drug-likeness (QED) is 0.562. The number of hydrogen-bond acceptors (Lipinski definition) is 3. The van der Waals surface area contributed by atoms with Gasteiger partial charge in [-0.2, -0.15) is 0 Å². The zero-order valence-corrected chi connectivity index (χ0v) is 6.95. The Morgan fingerprint density at radius 3 is 2.82 bits per heavy atom. The van der Waals surface area contributed by atoms with Crippen LogP contribution in [0.4, 0.5) is 0 Å². The zero-order chi connectivity index (χ0) is 8.27. The number of ether oxygens (including phenoxy) is 2. The van der Waals surface area contributed by atoms with Gasteiger partial charge in [-0.05, 0) is 12.8 Å². The molecule has 3 nitrogen and oxygen atoms in total. The third kappa shape index (κ3) is 2.01. The van der Waals surface area contributed by atoms with E-state index in [0.29, 0.717) is 5.92 Å². The van der Waals surface area contributed by atoms with Gasteiger partial charge < -0.3 is 14.3 Å². The van der Waals surface area contributed by atoms with Gasteiger partial charge >= 0.3 is 0 Å². The normalized spacial score (nSPS) is 38.5. The fourth-order valence-corrected chi connectivity index (χ4v) is 1.33. The highest BCUT2D eigenvalue weighted by Crippen LogP contribution is 2.23. The molecule has 0 bridgehead atoms. The summed E-state index contributed by atoms with van der Waals surface area (Å²) in [4.78, 5) is 10.3. The van der Waals surface area contributed by atoms with Crippen LogP contribution in [-0.4, -0.2) is 25.8 Å². The average Bonchev–Trinajstić information content (AvgIpc) is 2.05. The van der Waals surface area contributed by atoms with E-state index in [1.807, 2.05) is 0 Å². The van der Waals surface area contributed by atoms with Crippen LogP contribution in [0.2, 0.25) is 0 Å². The van der Waals surface area contributed by atoms with Crippen LogP contribution in [0.25, 0.3) is 0 Å². The van der Waals surface area contributed by atoms with Gasteiger partial charge in [0.05, 0.1) is 0 Å². The van der Waals surface area contributed by atoms with E-state index >= 15 is 0 Å². The minimum atomic E-state index is -0.254. The smallest absolute Gasteiger partial charge is 0.160 e. The Balaban J connectivity index is 2.43. The van der Waals surface area contributed by atoms with Crippen molar-refractivity contribution in [3.8, 4) is 0 Å². The van der Waals surface area contributed by atoms with Gasteiger partial charge in [-0.15, -0.1) is 0 Å². The Labute approximate surface area is 66.7 Å². The van der Waals surface area contributed by atoms with E-state index in [-0.39, 0.29) is 12.4 Å². The monoisotopic (exact) mass is 158 g/mol. The fraction of sp³-hybridized carbons (Fsp3) is 0.875. The number of carbonyl (C=O) groups is 1. The molecule has 0 aromatic carbocycles. The Hall–Kier alpha value is -0.410. The van der Waals surface area contributed by atoms with E-state index in [1.54, 1.807) is 7.11 Å². The Morgan fingerprint density at radius 1 is 1.55 bits per heavy atom. The van der Waals surface area contributed by atoms with E-state index in [9.17, 15) is 4.79 Å². The number of aldehydes is 1. The molecule has 3 heteroatoms. The van der Waals surface area contributed by atoms with Gasteiger partial charge in [0.1, 0.15) is 12.4 Å². The molecule has 0 aliphatic carbocycles. The average molecular weight is 158 g/mol. The van der Waals surface area contributed by atoms with Gasteiger partial charge in [0.15, 0.2) is 6.29 Å². The fourth-order valence-electron chi connectivity index (χ4n) is 1.33. The van der Waals surface area contributed by atoms with Gasteiger partial charge in [0.2, 0.25) is 0 Å². The molecule has 0 aromatic rings. The lowest BCUT2D eigenvalue weighted by Crippen LogP contribution is -2.35. The molecule has 1 aliphatic heterocycles. The van der Waals surface area contributed by atoms with Crippen LogP contribution in [0.3, 0.4) is 0 Å².